The molecule has 0 aliphatic heterocycles. The summed E-state index contributed by atoms with van der Waals surface area (Å²) in [5.41, 5.74) is 3.26. The maximum Gasteiger partial charge on any atom is 0.0853 e. The molecule has 0 saturated carbocycles. The minimum Gasteiger partial charge on any atom is -0.374 e. The number of nitrogens with one attached hydrogen (secondary N) is 2. The van der Waals surface area contributed by atoms with E-state index in [1.54, 1.807) is 6.20 Å². The summed E-state index contributed by atoms with van der Waals surface area (Å²) < 4.78 is 1.83. The Labute approximate surface area is 94.9 Å². The van der Waals surface area contributed by atoms with Crippen LogP contribution >= 0.6 is 0 Å². The Morgan fingerprint density at radius 1 is 1.56 bits per heavy atom. The quantitative estimate of drug-likeness (QED) is 0.825. The molecule has 0 saturated heterocycles. The van der Waals surface area contributed by atoms with Crippen LogP contribution in [0.25, 0.3) is 0 Å². The Bertz CT molecular complexity index is 443. The third kappa shape index (κ3) is 2.08. The molecule has 0 aromatic carbocycles. The predicted molar refractivity (Wildman–Crippen MR) is 63.2 cm³/mol. The molecule has 2 N–H and O–H groups in total. The van der Waals surface area contributed by atoms with Crippen LogP contribution in [0.1, 0.15) is 31.3 Å². The van der Waals surface area contributed by atoms with E-state index in [0.717, 1.165) is 23.5 Å². The molecule has 2 heterocycles. The van der Waals surface area contributed by atoms with Gasteiger partial charge in [-0.1, -0.05) is 6.92 Å². The van der Waals surface area contributed by atoms with Gasteiger partial charge in [-0.15, -0.1) is 0 Å². The average molecular weight is 219 g/mol. The van der Waals surface area contributed by atoms with Gasteiger partial charge in [-0.3, -0.25) is 9.78 Å². The van der Waals surface area contributed by atoms with Gasteiger partial charge < -0.3 is 5.32 Å². The summed E-state index contributed by atoms with van der Waals surface area (Å²) in [7, 11) is 1.94. The summed E-state index contributed by atoms with van der Waals surface area (Å²) in [4.78, 5) is 0. The Kier molecular flexibility index (Phi) is 2.94. The van der Waals surface area contributed by atoms with Gasteiger partial charge in [0.15, 0.2) is 0 Å². The molecule has 16 heavy (non-hydrogen) atoms. The Hall–Kier alpha value is -1.78. The lowest BCUT2D eigenvalue weighted by Gasteiger charge is -2.12. The lowest BCUT2D eigenvalue weighted by Crippen LogP contribution is -2.07. The van der Waals surface area contributed by atoms with Crippen LogP contribution < -0.4 is 5.32 Å². The van der Waals surface area contributed by atoms with Gasteiger partial charge in [0.25, 0.3) is 0 Å². The summed E-state index contributed by atoms with van der Waals surface area (Å²) in [6, 6.07) is 2.18. The van der Waals surface area contributed by atoms with Gasteiger partial charge >= 0.3 is 0 Å². The van der Waals surface area contributed by atoms with E-state index in [0.29, 0.717) is 0 Å². The Balaban J connectivity index is 2.14. The number of aromatic nitrogens is 4. The van der Waals surface area contributed by atoms with Crippen LogP contribution in [-0.4, -0.2) is 20.0 Å². The first-order chi connectivity index (χ1) is 7.70. The van der Waals surface area contributed by atoms with Crippen LogP contribution in [0.4, 0.5) is 5.69 Å². The molecule has 0 radical (unpaired) electrons. The van der Waals surface area contributed by atoms with Gasteiger partial charge in [0.05, 0.1) is 23.1 Å². The van der Waals surface area contributed by atoms with Crippen molar-refractivity contribution in [3.63, 3.8) is 0 Å². The average Bonchev–Trinajstić information content (AvgIpc) is 2.87. The van der Waals surface area contributed by atoms with Gasteiger partial charge in [-0.2, -0.15) is 10.2 Å². The molecular formula is C11H17N5. The monoisotopic (exact) mass is 219 g/mol. The molecule has 1 unspecified atom stereocenters. The number of nitrogens with zero attached hydrogens (tertiary/aromatic N) is 3. The van der Waals surface area contributed by atoms with Gasteiger partial charge in [-0.05, 0) is 19.4 Å². The normalized spacial score (nSPS) is 12.7. The molecule has 2 aromatic rings. The second kappa shape index (κ2) is 4.38. The predicted octanol–water partition coefficient (Wildman–Crippen LogP) is 1.88. The van der Waals surface area contributed by atoms with Crippen molar-refractivity contribution >= 4 is 5.69 Å². The largest absolute Gasteiger partial charge is 0.374 e. The topological polar surface area (TPSA) is 58.5 Å². The SMILES string of the molecule is CCc1nn(C)cc1NC(C)c1ccn[nH]1. The van der Waals surface area contributed by atoms with Crippen LogP contribution in [-0.2, 0) is 13.5 Å². The molecule has 0 bridgehead atoms. The van der Waals surface area contributed by atoms with E-state index in [9.17, 15) is 0 Å². The van der Waals surface area contributed by atoms with E-state index < -0.39 is 0 Å². The van der Waals surface area contributed by atoms with Crippen LogP contribution in [0.2, 0.25) is 0 Å². The van der Waals surface area contributed by atoms with Crippen molar-refractivity contribution in [2.45, 2.75) is 26.3 Å². The van der Waals surface area contributed by atoms with Crippen molar-refractivity contribution in [1.29, 1.82) is 0 Å². The lowest BCUT2D eigenvalue weighted by molar-refractivity contribution is 0.746. The number of H-pyrrole nitrogens is 1. The lowest BCUT2D eigenvalue weighted by atomic mass is 10.2. The highest BCUT2D eigenvalue weighted by molar-refractivity contribution is 5.47. The van der Waals surface area contributed by atoms with Crippen LogP contribution in [0, 0.1) is 0 Å². The van der Waals surface area contributed by atoms with E-state index in [2.05, 4.69) is 34.5 Å². The van der Waals surface area contributed by atoms with E-state index in [1.165, 1.54) is 0 Å². The minimum absolute atomic E-state index is 0.206. The van der Waals surface area contributed by atoms with E-state index >= 15 is 0 Å². The molecule has 0 amide bonds. The van der Waals surface area contributed by atoms with Crippen LogP contribution in [0.5, 0.6) is 0 Å². The third-order valence-electron chi connectivity index (χ3n) is 2.60. The highest BCUT2D eigenvalue weighted by Gasteiger charge is 2.11. The summed E-state index contributed by atoms with van der Waals surface area (Å²) in [5.74, 6) is 0. The molecule has 0 aliphatic rings. The molecule has 86 valence electrons. The van der Waals surface area contributed by atoms with Crippen molar-refractivity contribution in [3.8, 4) is 0 Å². The van der Waals surface area contributed by atoms with Gasteiger partial charge in [0.2, 0.25) is 0 Å². The zero-order valence-electron chi connectivity index (χ0n) is 9.86. The number of hydrogen-bond donors (Lipinski definition) is 2. The van der Waals surface area contributed by atoms with Crippen molar-refractivity contribution in [2.24, 2.45) is 7.05 Å². The highest BCUT2D eigenvalue weighted by atomic mass is 15.3. The van der Waals surface area contributed by atoms with E-state index in [1.807, 2.05) is 24.0 Å². The van der Waals surface area contributed by atoms with E-state index in [-0.39, 0.29) is 6.04 Å². The standard InChI is InChI=1S/C11H17N5/c1-4-9-11(7-16(3)15-9)13-8(2)10-5-6-12-14-10/h5-8,13H,4H2,1-3H3,(H,12,14). The molecule has 1 atom stereocenters. The molecule has 5 heteroatoms. The van der Waals surface area contributed by atoms with Crippen LogP contribution in [0.15, 0.2) is 18.5 Å². The second-order valence-corrected chi connectivity index (χ2v) is 3.89. The maximum absolute atomic E-state index is 4.39. The summed E-state index contributed by atoms with van der Waals surface area (Å²) >= 11 is 0. The van der Waals surface area contributed by atoms with Gasteiger partial charge in [-0.25, -0.2) is 0 Å². The van der Waals surface area contributed by atoms with Crippen molar-refractivity contribution in [2.75, 3.05) is 5.32 Å². The number of aryl methyl sites for hydroxylation is 2. The number of rotatable bonds is 4. The van der Waals surface area contributed by atoms with Crippen molar-refractivity contribution < 1.29 is 0 Å². The van der Waals surface area contributed by atoms with Crippen molar-refractivity contribution in [3.05, 3.63) is 29.8 Å². The first kappa shape index (κ1) is 10.7. The zero-order chi connectivity index (χ0) is 11.5. The molecule has 0 spiro atoms. The summed E-state index contributed by atoms with van der Waals surface area (Å²) in [6.45, 7) is 4.20. The molecule has 0 fully saturated rings. The molecular weight excluding hydrogens is 202 g/mol. The van der Waals surface area contributed by atoms with Gasteiger partial charge in [0.1, 0.15) is 0 Å². The van der Waals surface area contributed by atoms with Crippen LogP contribution in [0.3, 0.4) is 0 Å². The fourth-order valence-electron chi connectivity index (χ4n) is 1.74. The van der Waals surface area contributed by atoms with Gasteiger partial charge in [0, 0.05) is 19.4 Å². The Morgan fingerprint density at radius 2 is 2.38 bits per heavy atom. The highest BCUT2D eigenvalue weighted by Crippen LogP contribution is 2.20. The molecule has 2 aromatic heterocycles. The zero-order valence-corrected chi connectivity index (χ0v) is 9.86. The summed E-state index contributed by atoms with van der Waals surface area (Å²) in [5, 5.41) is 14.7. The molecule has 5 nitrogen and oxygen atoms in total. The fraction of sp³-hybridized carbons (Fsp3) is 0.455. The fourth-order valence-corrected chi connectivity index (χ4v) is 1.74. The number of hydrogen-bond acceptors (Lipinski definition) is 3. The van der Waals surface area contributed by atoms with Crippen molar-refractivity contribution in [1.82, 2.24) is 20.0 Å². The third-order valence-corrected chi connectivity index (χ3v) is 2.60. The molecule has 2 rings (SSSR count). The second-order valence-electron chi connectivity index (χ2n) is 3.89. The first-order valence-corrected chi connectivity index (χ1v) is 5.49. The van der Waals surface area contributed by atoms with E-state index in [4.69, 9.17) is 0 Å². The number of anilines is 1. The first-order valence-electron chi connectivity index (χ1n) is 5.49. The smallest absolute Gasteiger partial charge is 0.0853 e. The minimum atomic E-state index is 0.206. The summed E-state index contributed by atoms with van der Waals surface area (Å²) in [6.07, 6.45) is 4.70. The maximum atomic E-state index is 4.39. The number of aromatic amines is 1. The Morgan fingerprint density at radius 3 is 3.00 bits per heavy atom. The molecule has 0 aliphatic carbocycles.